The van der Waals surface area contributed by atoms with Crippen LogP contribution in [0.2, 0.25) is 10.0 Å². The molecule has 2 unspecified atom stereocenters. The van der Waals surface area contributed by atoms with Crippen molar-refractivity contribution < 1.29 is 4.74 Å². The van der Waals surface area contributed by atoms with Gasteiger partial charge in [0.15, 0.2) is 0 Å². The number of hydrogen-bond acceptors (Lipinski definition) is 2. The van der Waals surface area contributed by atoms with Crippen molar-refractivity contribution in [3.8, 4) is 0 Å². The van der Waals surface area contributed by atoms with E-state index in [9.17, 15) is 0 Å². The van der Waals surface area contributed by atoms with Gasteiger partial charge in [0.1, 0.15) is 0 Å². The molecule has 2 nitrogen and oxygen atoms in total. The van der Waals surface area contributed by atoms with Crippen LogP contribution in [0.25, 0.3) is 0 Å². The standard InChI is InChI=1S/C16H21Cl2NO/c1-2-20-9-13-12(8-11-4-6-16(13)19-11)10-3-5-14(17)15(18)7-10/h3,5,7,11-13,16,19H,2,4,6,8-9H2,1H3/t11-,12+,13?,16?/m0/s1. The summed E-state index contributed by atoms with van der Waals surface area (Å²) in [5, 5.41) is 5.03. The SMILES string of the molecule is CCOCC1C2CC[C@@H](C[C@@H]1c1ccc(Cl)c(Cl)c1)N2. The smallest absolute Gasteiger partial charge is 0.0595 e. The van der Waals surface area contributed by atoms with Gasteiger partial charge in [-0.1, -0.05) is 29.3 Å². The summed E-state index contributed by atoms with van der Waals surface area (Å²) in [4.78, 5) is 0. The molecule has 0 aromatic heterocycles. The molecule has 110 valence electrons. The van der Waals surface area contributed by atoms with Gasteiger partial charge in [0.2, 0.25) is 0 Å². The summed E-state index contributed by atoms with van der Waals surface area (Å²) in [7, 11) is 0. The summed E-state index contributed by atoms with van der Waals surface area (Å²) in [5.74, 6) is 1.06. The Morgan fingerprint density at radius 3 is 2.85 bits per heavy atom. The molecule has 0 radical (unpaired) electrons. The molecule has 2 aliphatic rings. The van der Waals surface area contributed by atoms with Gasteiger partial charge in [-0.2, -0.15) is 0 Å². The fourth-order valence-electron chi connectivity index (χ4n) is 3.75. The van der Waals surface area contributed by atoms with Gasteiger partial charge in [0.05, 0.1) is 16.7 Å². The van der Waals surface area contributed by atoms with Crippen LogP contribution in [0.15, 0.2) is 18.2 Å². The van der Waals surface area contributed by atoms with Crippen LogP contribution >= 0.6 is 23.2 Å². The maximum atomic E-state index is 6.19. The molecule has 1 aromatic rings. The zero-order valence-corrected chi connectivity index (χ0v) is 13.3. The van der Waals surface area contributed by atoms with E-state index in [-0.39, 0.29) is 0 Å². The van der Waals surface area contributed by atoms with Crippen molar-refractivity contribution >= 4 is 23.2 Å². The Morgan fingerprint density at radius 2 is 2.10 bits per heavy atom. The lowest BCUT2D eigenvalue weighted by atomic mass is 9.77. The van der Waals surface area contributed by atoms with E-state index in [2.05, 4.69) is 18.3 Å². The number of piperidine rings is 1. The zero-order valence-electron chi connectivity index (χ0n) is 11.7. The van der Waals surface area contributed by atoms with E-state index in [0.29, 0.717) is 34.0 Å². The highest BCUT2D eigenvalue weighted by Gasteiger charge is 2.42. The molecule has 3 rings (SSSR count). The summed E-state index contributed by atoms with van der Waals surface area (Å²) in [6.45, 7) is 3.66. The molecule has 4 heteroatoms. The van der Waals surface area contributed by atoms with Crippen molar-refractivity contribution in [2.75, 3.05) is 13.2 Å². The van der Waals surface area contributed by atoms with E-state index in [1.807, 2.05) is 12.1 Å². The molecule has 2 heterocycles. The van der Waals surface area contributed by atoms with Crippen molar-refractivity contribution in [2.45, 2.75) is 44.2 Å². The molecule has 2 bridgehead atoms. The Bertz CT molecular complexity index is 480. The highest BCUT2D eigenvalue weighted by atomic mass is 35.5. The number of hydrogen-bond donors (Lipinski definition) is 1. The summed E-state index contributed by atoms with van der Waals surface area (Å²) in [5.41, 5.74) is 1.31. The molecular weight excluding hydrogens is 293 g/mol. The lowest BCUT2D eigenvalue weighted by molar-refractivity contribution is 0.0723. The van der Waals surface area contributed by atoms with E-state index in [1.165, 1.54) is 24.8 Å². The predicted molar refractivity (Wildman–Crippen MR) is 83.7 cm³/mol. The molecule has 2 fully saturated rings. The predicted octanol–water partition coefficient (Wildman–Crippen LogP) is 4.25. The zero-order chi connectivity index (χ0) is 14.1. The molecule has 0 spiro atoms. The normalized spacial score (nSPS) is 32.5. The van der Waals surface area contributed by atoms with E-state index < -0.39 is 0 Å². The van der Waals surface area contributed by atoms with Crippen molar-refractivity contribution in [3.63, 3.8) is 0 Å². The van der Waals surface area contributed by atoms with Crippen LogP contribution in [-0.2, 0) is 4.74 Å². The fraction of sp³-hybridized carbons (Fsp3) is 0.625. The monoisotopic (exact) mass is 313 g/mol. The third-order valence-corrected chi connectivity index (χ3v) is 5.47. The minimum atomic E-state index is 0.523. The number of benzene rings is 1. The van der Waals surface area contributed by atoms with E-state index in [4.69, 9.17) is 27.9 Å². The largest absolute Gasteiger partial charge is 0.381 e. The molecule has 0 amide bonds. The molecule has 0 aliphatic carbocycles. The Balaban J connectivity index is 1.85. The average molecular weight is 314 g/mol. The van der Waals surface area contributed by atoms with Crippen LogP contribution in [0.3, 0.4) is 0 Å². The average Bonchev–Trinajstić information content (AvgIpc) is 2.83. The van der Waals surface area contributed by atoms with Crippen LogP contribution in [0.4, 0.5) is 0 Å². The second-order valence-electron chi connectivity index (χ2n) is 5.89. The van der Waals surface area contributed by atoms with Gasteiger partial charge in [0.25, 0.3) is 0 Å². The number of rotatable bonds is 4. The minimum Gasteiger partial charge on any atom is -0.381 e. The molecule has 0 saturated carbocycles. The fourth-order valence-corrected chi connectivity index (χ4v) is 4.05. The summed E-state index contributed by atoms with van der Waals surface area (Å²) in [6.07, 6.45) is 3.72. The molecular formula is C16H21Cl2NO. The van der Waals surface area contributed by atoms with E-state index in [1.54, 1.807) is 0 Å². The van der Waals surface area contributed by atoms with Crippen molar-refractivity contribution in [1.82, 2.24) is 5.32 Å². The molecule has 4 atom stereocenters. The summed E-state index contributed by atoms with van der Waals surface area (Å²) >= 11 is 12.2. The third-order valence-electron chi connectivity index (χ3n) is 4.73. The summed E-state index contributed by atoms with van der Waals surface area (Å²) < 4.78 is 5.73. The van der Waals surface area contributed by atoms with E-state index >= 15 is 0 Å². The van der Waals surface area contributed by atoms with Crippen LogP contribution in [0.1, 0.15) is 37.7 Å². The number of halogens is 2. The van der Waals surface area contributed by atoms with Crippen LogP contribution < -0.4 is 5.32 Å². The van der Waals surface area contributed by atoms with Gasteiger partial charge in [0, 0.05) is 24.6 Å². The second-order valence-corrected chi connectivity index (χ2v) is 6.70. The van der Waals surface area contributed by atoms with Gasteiger partial charge < -0.3 is 10.1 Å². The highest BCUT2D eigenvalue weighted by Crippen LogP contribution is 2.42. The van der Waals surface area contributed by atoms with Crippen molar-refractivity contribution in [2.24, 2.45) is 5.92 Å². The van der Waals surface area contributed by atoms with Gasteiger partial charge in [-0.25, -0.2) is 0 Å². The van der Waals surface area contributed by atoms with Gasteiger partial charge in [-0.05, 0) is 49.8 Å². The molecule has 1 N–H and O–H groups in total. The first kappa shape index (κ1) is 14.6. The number of nitrogens with one attached hydrogen (secondary N) is 1. The number of fused-ring (bicyclic) bond motifs is 2. The first-order valence-corrected chi connectivity index (χ1v) is 8.23. The quantitative estimate of drug-likeness (QED) is 0.897. The topological polar surface area (TPSA) is 21.3 Å². The Kier molecular flexibility index (Phi) is 4.56. The van der Waals surface area contributed by atoms with Gasteiger partial charge >= 0.3 is 0 Å². The third kappa shape index (κ3) is 2.85. The lowest BCUT2D eigenvalue weighted by Gasteiger charge is -2.38. The highest BCUT2D eigenvalue weighted by molar-refractivity contribution is 6.42. The molecule has 1 aromatic carbocycles. The first-order chi connectivity index (χ1) is 9.69. The molecule has 20 heavy (non-hydrogen) atoms. The summed E-state index contributed by atoms with van der Waals surface area (Å²) in [6, 6.07) is 7.32. The van der Waals surface area contributed by atoms with Crippen LogP contribution in [0, 0.1) is 5.92 Å². The Hall–Kier alpha value is -0.280. The second kappa shape index (κ2) is 6.23. The molecule has 2 aliphatic heterocycles. The first-order valence-electron chi connectivity index (χ1n) is 7.47. The maximum Gasteiger partial charge on any atom is 0.0595 e. The van der Waals surface area contributed by atoms with Gasteiger partial charge in [-0.3, -0.25) is 0 Å². The van der Waals surface area contributed by atoms with E-state index in [0.717, 1.165) is 13.2 Å². The molecule has 2 saturated heterocycles. The van der Waals surface area contributed by atoms with Crippen LogP contribution in [-0.4, -0.2) is 25.3 Å². The van der Waals surface area contributed by atoms with Crippen LogP contribution in [0.5, 0.6) is 0 Å². The Labute approximate surface area is 130 Å². The van der Waals surface area contributed by atoms with Gasteiger partial charge in [-0.15, -0.1) is 0 Å². The maximum absolute atomic E-state index is 6.19. The minimum absolute atomic E-state index is 0.523. The lowest BCUT2D eigenvalue weighted by Crippen LogP contribution is -2.46. The number of ether oxygens (including phenoxy) is 1. The van der Waals surface area contributed by atoms with Crippen molar-refractivity contribution in [1.29, 1.82) is 0 Å². The Morgan fingerprint density at radius 1 is 1.25 bits per heavy atom. The van der Waals surface area contributed by atoms with Crippen molar-refractivity contribution in [3.05, 3.63) is 33.8 Å².